The van der Waals surface area contributed by atoms with Crippen LogP contribution in [-0.2, 0) is 27.6 Å². The number of sulfone groups is 1. The Morgan fingerprint density at radius 1 is 0.818 bits per heavy atom. The average molecular weight is 467 g/mol. The van der Waals surface area contributed by atoms with Crippen molar-refractivity contribution in [1.82, 2.24) is 0 Å². The van der Waals surface area contributed by atoms with E-state index in [0.29, 0.717) is 24.2 Å². The number of para-hydroxylation sites is 1. The van der Waals surface area contributed by atoms with Crippen LogP contribution >= 0.6 is 0 Å². The Hall–Kier alpha value is -3.12. The molecule has 3 rings (SSSR count). The third-order valence-electron chi connectivity index (χ3n) is 4.89. The predicted octanol–water partition coefficient (Wildman–Crippen LogP) is 5.63. The van der Waals surface area contributed by atoms with Crippen LogP contribution in [0.25, 0.3) is 0 Å². The van der Waals surface area contributed by atoms with Gasteiger partial charge >= 0.3 is 5.97 Å². The summed E-state index contributed by atoms with van der Waals surface area (Å²) >= 11 is 0. The molecule has 0 atom stereocenters. The first-order chi connectivity index (χ1) is 15.6. The lowest BCUT2D eigenvalue weighted by atomic mass is 10.1. The summed E-state index contributed by atoms with van der Waals surface area (Å²) in [5.41, 5.74) is 1.83. The molecular weight excluding hydrogens is 436 g/mol. The molecule has 5 nitrogen and oxygen atoms in total. The van der Waals surface area contributed by atoms with Gasteiger partial charge in [0.2, 0.25) is 0 Å². The molecule has 0 N–H and O–H groups in total. The number of benzene rings is 3. The second-order valence-electron chi connectivity index (χ2n) is 8.84. The molecule has 0 spiro atoms. The normalized spacial score (nSPS) is 11.7. The Labute approximate surface area is 196 Å². The Morgan fingerprint density at radius 3 is 2.12 bits per heavy atom. The summed E-state index contributed by atoms with van der Waals surface area (Å²) in [7, 11) is -3.49. The Kier molecular flexibility index (Phi) is 7.92. The van der Waals surface area contributed by atoms with E-state index in [2.05, 4.69) is 0 Å². The molecule has 0 amide bonds. The van der Waals surface area contributed by atoms with E-state index in [1.54, 1.807) is 48.5 Å². The van der Waals surface area contributed by atoms with Crippen molar-refractivity contribution in [2.24, 2.45) is 0 Å². The minimum atomic E-state index is -3.49. The predicted molar refractivity (Wildman–Crippen MR) is 129 cm³/mol. The summed E-state index contributed by atoms with van der Waals surface area (Å²) in [5, 5.41) is 0. The van der Waals surface area contributed by atoms with Crippen LogP contribution < -0.4 is 4.74 Å². The Balaban J connectivity index is 1.62. The number of hydrogen-bond acceptors (Lipinski definition) is 5. The molecule has 0 unspecified atom stereocenters. The third kappa shape index (κ3) is 7.46. The Bertz CT molecular complexity index is 1160. The number of rotatable bonds is 9. The molecule has 0 saturated heterocycles. The van der Waals surface area contributed by atoms with Gasteiger partial charge < -0.3 is 9.47 Å². The van der Waals surface area contributed by atoms with E-state index < -0.39 is 15.4 Å². The second kappa shape index (κ2) is 10.7. The zero-order valence-corrected chi connectivity index (χ0v) is 20.1. The largest absolute Gasteiger partial charge is 0.488 e. The van der Waals surface area contributed by atoms with Gasteiger partial charge in [-0.1, -0.05) is 54.6 Å². The van der Waals surface area contributed by atoms with Crippen molar-refractivity contribution in [3.05, 3.63) is 95.6 Å². The van der Waals surface area contributed by atoms with E-state index in [0.717, 1.165) is 11.1 Å². The first kappa shape index (κ1) is 24.5. The minimum absolute atomic E-state index is 0.0485. The topological polar surface area (TPSA) is 69.7 Å². The van der Waals surface area contributed by atoms with Crippen LogP contribution in [0.5, 0.6) is 5.75 Å². The van der Waals surface area contributed by atoms with Gasteiger partial charge in [0.25, 0.3) is 0 Å². The smallest absolute Gasteiger partial charge is 0.338 e. The molecule has 3 aromatic carbocycles. The van der Waals surface area contributed by atoms with E-state index >= 15 is 0 Å². The molecule has 0 aliphatic rings. The molecule has 0 bridgehead atoms. The zero-order chi connectivity index (χ0) is 23.9. The fraction of sp³-hybridized carbons (Fsp3) is 0.296. The molecule has 0 aliphatic carbocycles. The summed E-state index contributed by atoms with van der Waals surface area (Å²) < 4.78 is 37.1. The van der Waals surface area contributed by atoms with Crippen molar-refractivity contribution in [3.63, 3.8) is 0 Å². The van der Waals surface area contributed by atoms with Crippen LogP contribution in [0.4, 0.5) is 0 Å². The quantitative estimate of drug-likeness (QED) is 0.383. The highest BCUT2D eigenvalue weighted by Crippen LogP contribution is 2.26. The van der Waals surface area contributed by atoms with Gasteiger partial charge in [-0.2, -0.15) is 0 Å². The van der Waals surface area contributed by atoms with Gasteiger partial charge in [-0.3, -0.25) is 0 Å². The van der Waals surface area contributed by atoms with Crippen molar-refractivity contribution in [1.29, 1.82) is 0 Å². The first-order valence-corrected chi connectivity index (χ1v) is 12.6. The maximum Gasteiger partial charge on any atom is 0.338 e. The molecule has 33 heavy (non-hydrogen) atoms. The molecule has 0 heterocycles. The monoisotopic (exact) mass is 466 g/mol. The van der Waals surface area contributed by atoms with Gasteiger partial charge in [-0.15, -0.1) is 0 Å². The minimum Gasteiger partial charge on any atom is -0.488 e. The lowest BCUT2D eigenvalue weighted by Gasteiger charge is -2.19. The van der Waals surface area contributed by atoms with E-state index in [1.807, 2.05) is 51.1 Å². The van der Waals surface area contributed by atoms with Gasteiger partial charge in [-0.05, 0) is 69.0 Å². The molecule has 0 radical (unpaired) electrons. The zero-order valence-electron chi connectivity index (χ0n) is 19.3. The number of carbonyl (C=O) groups is 1. The van der Waals surface area contributed by atoms with Crippen LogP contribution in [0.15, 0.2) is 83.8 Å². The number of esters is 1. The first-order valence-electron chi connectivity index (χ1n) is 10.9. The van der Waals surface area contributed by atoms with Crippen molar-refractivity contribution in [3.8, 4) is 5.75 Å². The average Bonchev–Trinajstić information content (AvgIpc) is 2.78. The number of aryl methyl sites for hydroxylation is 1. The van der Waals surface area contributed by atoms with E-state index in [9.17, 15) is 13.2 Å². The van der Waals surface area contributed by atoms with Crippen LogP contribution in [-0.4, -0.2) is 25.7 Å². The fourth-order valence-electron chi connectivity index (χ4n) is 3.28. The van der Waals surface area contributed by atoms with Crippen molar-refractivity contribution in [2.45, 2.75) is 50.7 Å². The van der Waals surface area contributed by atoms with Crippen molar-refractivity contribution >= 4 is 15.8 Å². The molecule has 0 aliphatic heterocycles. The van der Waals surface area contributed by atoms with Gasteiger partial charge in [0, 0.05) is 0 Å². The maximum absolute atomic E-state index is 13.0. The number of carbonyl (C=O) groups excluding carboxylic acids is 1. The summed E-state index contributed by atoms with van der Waals surface area (Å²) in [4.78, 5) is 12.4. The lowest BCUT2D eigenvalue weighted by molar-refractivity contribution is 0.00694. The van der Waals surface area contributed by atoms with Gasteiger partial charge in [-0.25, -0.2) is 13.2 Å². The molecule has 0 saturated carbocycles. The van der Waals surface area contributed by atoms with Gasteiger partial charge in [0.1, 0.15) is 22.9 Å². The van der Waals surface area contributed by atoms with Gasteiger partial charge in [0.15, 0.2) is 9.84 Å². The highest BCUT2D eigenvalue weighted by Gasteiger charge is 2.20. The van der Waals surface area contributed by atoms with Gasteiger partial charge in [0.05, 0.1) is 11.3 Å². The summed E-state index contributed by atoms with van der Waals surface area (Å²) in [6.07, 6.45) is 1.24. The molecule has 0 aromatic heterocycles. The molecule has 6 heteroatoms. The van der Waals surface area contributed by atoms with E-state index in [-0.39, 0.29) is 23.2 Å². The molecule has 0 fully saturated rings. The highest BCUT2D eigenvalue weighted by molar-refractivity contribution is 7.91. The maximum atomic E-state index is 13.0. The SMILES string of the molecule is CC(C)(C)OC(=O)c1ccc(COc2ccccc2S(=O)(=O)CCCc2ccccc2)cc1. The summed E-state index contributed by atoms with van der Waals surface area (Å²) in [6.45, 7) is 5.64. The summed E-state index contributed by atoms with van der Waals surface area (Å²) in [6, 6.07) is 23.5. The number of hydrogen-bond donors (Lipinski definition) is 0. The highest BCUT2D eigenvalue weighted by atomic mass is 32.2. The number of ether oxygens (including phenoxy) is 2. The van der Waals surface area contributed by atoms with Crippen molar-refractivity contribution < 1.29 is 22.7 Å². The van der Waals surface area contributed by atoms with Crippen LogP contribution in [0, 0.1) is 0 Å². The summed E-state index contributed by atoms with van der Waals surface area (Å²) in [5.74, 6) is -0.0114. The van der Waals surface area contributed by atoms with Crippen LogP contribution in [0.2, 0.25) is 0 Å². The second-order valence-corrected chi connectivity index (χ2v) is 10.9. The van der Waals surface area contributed by atoms with Crippen molar-refractivity contribution in [2.75, 3.05) is 5.75 Å². The lowest BCUT2D eigenvalue weighted by Crippen LogP contribution is -2.23. The van der Waals surface area contributed by atoms with Crippen LogP contribution in [0.3, 0.4) is 0 Å². The van der Waals surface area contributed by atoms with Crippen LogP contribution in [0.1, 0.15) is 48.7 Å². The fourth-order valence-corrected chi connectivity index (χ4v) is 4.75. The Morgan fingerprint density at radius 2 is 1.45 bits per heavy atom. The van der Waals surface area contributed by atoms with E-state index in [1.165, 1.54) is 0 Å². The molecular formula is C27H30O5S. The molecule has 174 valence electrons. The van der Waals surface area contributed by atoms with E-state index in [4.69, 9.17) is 9.47 Å². The standard InChI is InChI=1S/C27H30O5S/c1-27(2,3)32-26(28)23-17-15-22(16-18-23)20-31-24-13-7-8-14-25(24)33(29,30)19-9-12-21-10-5-4-6-11-21/h4-8,10-11,13-18H,9,12,19-20H2,1-3H3. The molecule has 3 aromatic rings. The third-order valence-corrected chi connectivity index (χ3v) is 6.72.